The highest BCUT2D eigenvalue weighted by molar-refractivity contribution is 6.48. The summed E-state index contributed by atoms with van der Waals surface area (Å²) in [5.74, 6) is -6.20. The van der Waals surface area contributed by atoms with E-state index in [2.05, 4.69) is 4.74 Å². The molecule has 0 bridgehead atoms. The molecule has 0 saturated carbocycles. The minimum Gasteiger partial charge on any atom is -0.508 e. The van der Waals surface area contributed by atoms with Crippen molar-refractivity contribution in [1.29, 1.82) is 5.41 Å². The fourth-order valence-electron chi connectivity index (χ4n) is 4.58. The van der Waals surface area contributed by atoms with E-state index in [9.17, 15) is 29.1 Å². The van der Waals surface area contributed by atoms with Gasteiger partial charge in [0.25, 0.3) is 0 Å². The predicted octanol–water partition coefficient (Wildman–Crippen LogP) is 3.63. The lowest BCUT2D eigenvalue weighted by molar-refractivity contribution is -0.139. The number of carbonyl (C=O) groups is 5. The highest BCUT2D eigenvalue weighted by atomic mass is 16.7. The van der Waals surface area contributed by atoms with Crippen molar-refractivity contribution in [1.82, 2.24) is 0 Å². The van der Waals surface area contributed by atoms with Crippen molar-refractivity contribution in [3.05, 3.63) is 119 Å². The Morgan fingerprint density at radius 2 is 1.17 bits per heavy atom. The Hall–Kier alpha value is -5.82. The van der Waals surface area contributed by atoms with Crippen molar-refractivity contribution in [2.24, 2.45) is 0 Å². The summed E-state index contributed by atoms with van der Waals surface area (Å²) in [6, 6.07) is 23.5. The van der Waals surface area contributed by atoms with E-state index in [1.807, 2.05) is 0 Å². The molecule has 1 saturated heterocycles. The van der Waals surface area contributed by atoms with E-state index in [1.54, 1.807) is 54.6 Å². The number of aliphatic hydroxyl groups excluding tert-OH is 1. The molecule has 0 spiro atoms. The summed E-state index contributed by atoms with van der Waals surface area (Å²) in [5, 5.41) is 19.7. The monoisotopic (exact) mass is 645 g/mol. The summed E-state index contributed by atoms with van der Waals surface area (Å²) >= 11 is 0. The normalized spacial score (nSPS) is 19.0. The van der Waals surface area contributed by atoms with E-state index in [0.29, 0.717) is 0 Å². The van der Waals surface area contributed by atoms with Gasteiger partial charge in [-0.2, -0.15) is 0 Å². The molecule has 1 aliphatic rings. The minimum atomic E-state index is -1.83. The molecule has 0 aromatic heterocycles. The first-order valence-corrected chi connectivity index (χ1v) is 14.3. The molecule has 0 aliphatic carbocycles. The number of methoxy groups -OCH3 is 1. The highest BCUT2D eigenvalue weighted by Gasteiger charge is 2.53. The van der Waals surface area contributed by atoms with Crippen LogP contribution in [0, 0.1) is 5.41 Å². The van der Waals surface area contributed by atoms with Crippen LogP contribution >= 0.6 is 0 Å². The maximum Gasteiger partial charge on any atom is 0.356 e. The molecule has 2 N–H and O–H groups in total. The van der Waals surface area contributed by atoms with Crippen LogP contribution in [-0.2, 0) is 38.0 Å². The Bertz CT molecular complexity index is 1640. The highest BCUT2D eigenvalue weighted by Crippen LogP contribution is 2.34. The van der Waals surface area contributed by atoms with E-state index < -0.39 is 77.9 Å². The zero-order valence-electron chi connectivity index (χ0n) is 25.3. The number of hydrogen-bond donors (Lipinski definition) is 2. The number of rotatable bonds is 12. The lowest BCUT2D eigenvalue weighted by atomic mass is 10.0. The van der Waals surface area contributed by atoms with Crippen LogP contribution in [0.1, 0.15) is 38.0 Å². The molecule has 47 heavy (non-hydrogen) atoms. The molecule has 13 heteroatoms. The van der Waals surface area contributed by atoms with Crippen LogP contribution in [0.25, 0.3) is 0 Å². The third-order valence-corrected chi connectivity index (χ3v) is 6.85. The Morgan fingerprint density at radius 3 is 1.64 bits per heavy atom. The van der Waals surface area contributed by atoms with Crippen LogP contribution < -0.4 is 0 Å². The second-order valence-electron chi connectivity index (χ2n) is 9.88. The molecule has 1 heterocycles. The quantitative estimate of drug-likeness (QED) is 0.0960. The van der Waals surface area contributed by atoms with Crippen molar-refractivity contribution in [2.75, 3.05) is 20.3 Å². The topological polar surface area (TPSA) is 185 Å². The van der Waals surface area contributed by atoms with Crippen molar-refractivity contribution in [3.63, 3.8) is 0 Å². The fraction of sp³-hybridized carbons (Fsp3) is 0.235. The molecule has 3 aromatic rings. The van der Waals surface area contributed by atoms with Gasteiger partial charge in [0.2, 0.25) is 0 Å². The summed E-state index contributed by atoms with van der Waals surface area (Å²) in [4.78, 5) is 64.7. The summed E-state index contributed by atoms with van der Waals surface area (Å²) in [6.45, 7) is 0.686. The molecular formula is C34H31NO12. The zero-order chi connectivity index (χ0) is 33.9. The summed E-state index contributed by atoms with van der Waals surface area (Å²) in [7, 11) is 0.962. The number of carbonyl (C=O) groups excluding carboxylic acids is 5. The van der Waals surface area contributed by atoms with Gasteiger partial charge >= 0.3 is 29.8 Å². The summed E-state index contributed by atoms with van der Waals surface area (Å²) in [6.07, 6.45) is -6.49. The van der Waals surface area contributed by atoms with Gasteiger partial charge in [0, 0.05) is 0 Å². The Balaban J connectivity index is 1.80. The van der Waals surface area contributed by atoms with Gasteiger partial charge < -0.3 is 33.5 Å². The average Bonchev–Trinajstić information content (AvgIpc) is 3.43. The standard InChI is InChI=1S/C34H31NO12/c1-3-43-33(40)24(25(35)34(41)42-2)26(36)28-29(47-32(39)22-17-11-6-12-18-22)27(46-31(38)21-15-9-5-10-16-21)23(45-28)19-44-30(37)20-13-7-4-8-14-20/h4-18,23,27-29,35-36H,3,19H2,1-2H3/b26-24-,35-25?/t23-,27-,28+,29-/m1/s1. The Labute approximate surface area is 269 Å². The van der Waals surface area contributed by atoms with Crippen LogP contribution in [-0.4, -0.2) is 85.4 Å². The Kier molecular flexibility index (Phi) is 11.6. The number of hydrogen-bond acceptors (Lipinski definition) is 13. The van der Waals surface area contributed by atoms with Gasteiger partial charge in [0.15, 0.2) is 24.0 Å². The molecule has 13 nitrogen and oxygen atoms in total. The third kappa shape index (κ3) is 8.27. The van der Waals surface area contributed by atoms with E-state index in [-0.39, 0.29) is 23.3 Å². The second kappa shape index (κ2) is 16.0. The van der Waals surface area contributed by atoms with Gasteiger partial charge in [-0.05, 0) is 43.3 Å². The number of nitrogens with one attached hydrogen (secondary N) is 1. The van der Waals surface area contributed by atoms with E-state index in [1.165, 1.54) is 43.3 Å². The minimum absolute atomic E-state index is 0.0785. The van der Waals surface area contributed by atoms with Gasteiger partial charge in [-0.15, -0.1) is 0 Å². The maximum atomic E-state index is 13.3. The Morgan fingerprint density at radius 1 is 0.702 bits per heavy atom. The van der Waals surface area contributed by atoms with Crippen LogP contribution in [0.5, 0.6) is 0 Å². The van der Waals surface area contributed by atoms with E-state index in [0.717, 1.165) is 7.11 Å². The van der Waals surface area contributed by atoms with Gasteiger partial charge in [-0.1, -0.05) is 54.6 Å². The number of aliphatic hydroxyl groups is 1. The largest absolute Gasteiger partial charge is 0.508 e. The third-order valence-electron chi connectivity index (χ3n) is 6.85. The van der Waals surface area contributed by atoms with Crippen LogP contribution in [0.15, 0.2) is 102 Å². The summed E-state index contributed by atoms with van der Waals surface area (Å²) < 4.78 is 32.5. The maximum absolute atomic E-state index is 13.3. The van der Waals surface area contributed by atoms with Gasteiger partial charge in [0.05, 0.1) is 30.4 Å². The van der Waals surface area contributed by atoms with E-state index >= 15 is 0 Å². The predicted molar refractivity (Wildman–Crippen MR) is 163 cm³/mol. The first-order valence-electron chi connectivity index (χ1n) is 14.3. The van der Waals surface area contributed by atoms with Crippen molar-refractivity contribution >= 4 is 35.6 Å². The van der Waals surface area contributed by atoms with Gasteiger partial charge in [-0.25, -0.2) is 24.0 Å². The smallest absolute Gasteiger partial charge is 0.356 e. The molecule has 3 aromatic carbocycles. The second-order valence-corrected chi connectivity index (χ2v) is 9.88. The first-order chi connectivity index (χ1) is 22.7. The lowest BCUT2D eigenvalue weighted by Gasteiger charge is -2.25. The fourth-order valence-corrected chi connectivity index (χ4v) is 4.58. The van der Waals surface area contributed by atoms with Crippen molar-refractivity contribution in [2.45, 2.75) is 31.3 Å². The molecule has 244 valence electrons. The number of benzene rings is 3. The van der Waals surface area contributed by atoms with E-state index in [4.69, 9.17) is 29.1 Å². The lowest BCUT2D eigenvalue weighted by Crippen LogP contribution is -2.43. The average molecular weight is 646 g/mol. The first kappa shape index (κ1) is 34.1. The van der Waals surface area contributed by atoms with Crippen molar-refractivity contribution < 1.29 is 57.5 Å². The van der Waals surface area contributed by atoms with Crippen LogP contribution in [0.2, 0.25) is 0 Å². The number of esters is 5. The van der Waals surface area contributed by atoms with Gasteiger partial charge in [0.1, 0.15) is 24.0 Å². The number of ether oxygens (including phenoxy) is 6. The molecule has 4 rings (SSSR count). The molecule has 0 amide bonds. The molecule has 1 fully saturated rings. The zero-order valence-corrected chi connectivity index (χ0v) is 25.3. The SMILES string of the molecule is CCOC(=O)/C(C(=N)C(=O)OC)=C(\O)[C@@H]1O[C@H](COC(=O)c2ccccc2)[C@@H](OC(=O)c2ccccc2)[C@H]1OC(=O)c1ccccc1. The summed E-state index contributed by atoms with van der Waals surface area (Å²) in [5.41, 5.74) is -1.64. The van der Waals surface area contributed by atoms with Gasteiger partial charge in [-0.3, -0.25) is 5.41 Å². The molecule has 0 radical (unpaired) electrons. The molecule has 1 aliphatic heterocycles. The molecule has 4 atom stereocenters. The molecule has 0 unspecified atom stereocenters. The van der Waals surface area contributed by atoms with Crippen molar-refractivity contribution in [3.8, 4) is 0 Å². The molecular weight excluding hydrogens is 614 g/mol. The van der Waals surface area contributed by atoms with Crippen LogP contribution in [0.3, 0.4) is 0 Å². The van der Waals surface area contributed by atoms with Crippen LogP contribution in [0.4, 0.5) is 0 Å².